The van der Waals surface area contributed by atoms with Crippen molar-refractivity contribution in [3.8, 4) is 10.6 Å². The van der Waals surface area contributed by atoms with E-state index in [1.807, 2.05) is 0 Å². The van der Waals surface area contributed by atoms with Crippen molar-refractivity contribution in [2.75, 3.05) is 19.3 Å². The van der Waals surface area contributed by atoms with Crippen molar-refractivity contribution in [3.63, 3.8) is 0 Å². The Morgan fingerprint density at radius 3 is 2.95 bits per heavy atom. The number of nitrogens with one attached hydrogen (secondary N) is 2. The topological polar surface area (TPSA) is 101 Å². The third-order valence-electron chi connectivity index (χ3n) is 2.47. The second-order valence-corrected chi connectivity index (χ2v) is 6.73. The highest BCUT2D eigenvalue weighted by Crippen LogP contribution is 2.23. The summed E-state index contributed by atoms with van der Waals surface area (Å²) in [6.07, 6.45) is 3.07. The lowest BCUT2D eigenvalue weighted by Gasteiger charge is -2.03. The number of amides is 1. The number of hydrogen-bond acceptors (Lipinski definition) is 6. The van der Waals surface area contributed by atoms with Crippen LogP contribution in [0.3, 0.4) is 0 Å². The number of nitrogens with zero attached hydrogens (tertiary/aromatic N) is 1. The number of rotatable bonds is 6. The van der Waals surface area contributed by atoms with Gasteiger partial charge in [0.1, 0.15) is 17.0 Å². The summed E-state index contributed by atoms with van der Waals surface area (Å²) in [5, 5.41) is 4.80. The van der Waals surface area contributed by atoms with Crippen LogP contribution in [0.2, 0.25) is 0 Å². The molecule has 0 aliphatic rings. The Labute approximate surface area is 120 Å². The molecule has 2 rings (SSSR count). The lowest BCUT2D eigenvalue weighted by Crippen LogP contribution is -2.33. The van der Waals surface area contributed by atoms with Crippen LogP contribution in [0.15, 0.2) is 28.4 Å². The highest BCUT2D eigenvalue weighted by molar-refractivity contribution is 7.89. The first-order chi connectivity index (χ1) is 9.52. The van der Waals surface area contributed by atoms with Crippen molar-refractivity contribution >= 4 is 27.3 Å². The molecule has 0 saturated heterocycles. The first-order valence-electron chi connectivity index (χ1n) is 5.69. The summed E-state index contributed by atoms with van der Waals surface area (Å²) >= 11 is 1.32. The first-order valence-corrected chi connectivity index (χ1v) is 8.22. The minimum atomic E-state index is -3.32. The van der Waals surface area contributed by atoms with Crippen molar-refractivity contribution in [2.24, 2.45) is 0 Å². The summed E-state index contributed by atoms with van der Waals surface area (Å²) in [5.41, 5.74) is 1.06. The number of sulfonamides is 1. The van der Waals surface area contributed by atoms with Gasteiger partial charge in [0.2, 0.25) is 10.0 Å². The van der Waals surface area contributed by atoms with Gasteiger partial charge < -0.3 is 9.73 Å². The van der Waals surface area contributed by atoms with Crippen LogP contribution in [-0.4, -0.2) is 38.7 Å². The Morgan fingerprint density at radius 2 is 2.30 bits per heavy atom. The van der Waals surface area contributed by atoms with Gasteiger partial charge in [0.05, 0.1) is 12.0 Å². The number of furan rings is 1. The van der Waals surface area contributed by atoms with E-state index < -0.39 is 15.9 Å². The third kappa shape index (κ3) is 3.65. The number of thiazole rings is 1. The van der Waals surface area contributed by atoms with Crippen LogP contribution in [-0.2, 0) is 10.0 Å². The molecule has 1 amide bonds. The Balaban J connectivity index is 1.94. The molecule has 0 spiro atoms. The van der Waals surface area contributed by atoms with Crippen molar-refractivity contribution in [1.82, 2.24) is 15.0 Å². The second kappa shape index (κ2) is 6.16. The molecule has 20 heavy (non-hydrogen) atoms. The van der Waals surface area contributed by atoms with Crippen LogP contribution in [0.4, 0.5) is 0 Å². The fraction of sp³-hybridized carbons (Fsp3) is 0.273. The molecule has 0 aliphatic carbocycles. The van der Waals surface area contributed by atoms with Crippen LogP contribution in [0, 0.1) is 0 Å². The van der Waals surface area contributed by atoms with E-state index in [1.165, 1.54) is 24.6 Å². The molecule has 2 heterocycles. The molecule has 0 bridgehead atoms. The molecular formula is C11H13N3O4S2. The number of carbonyl (C=O) groups is 1. The maximum absolute atomic E-state index is 11.8. The van der Waals surface area contributed by atoms with Crippen molar-refractivity contribution in [3.05, 3.63) is 29.7 Å². The van der Waals surface area contributed by atoms with Gasteiger partial charge in [-0.05, 0) is 13.1 Å². The van der Waals surface area contributed by atoms with E-state index in [-0.39, 0.29) is 18.0 Å². The minimum Gasteiger partial charge on any atom is -0.472 e. The molecule has 0 unspecified atom stereocenters. The summed E-state index contributed by atoms with van der Waals surface area (Å²) in [5.74, 6) is -0.573. The molecule has 0 radical (unpaired) electrons. The highest BCUT2D eigenvalue weighted by atomic mass is 32.2. The molecule has 2 N–H and O–H groups in total. The summed E-state index contributed by atoms with van der Waals surface area (Å²) in [7, 11) is -1.99. The molecule has 0 aliphatic heterocycles. The third-order valence-corrected chi connectivity index (χ3v) is 4.73. The van der Waals surface area contributed by atoms with Crippen molar-refractivity contribution < 1.29 is 17.6 Å². The summed E-state index contributed by atoms with van der Waals surface area (Å²) < 4.78 is 29.5. The standard InChI is InChI=1S/C11H13N3O4S2/c1-12-20(16,17)5-3-13-10(15)9-7-19-11(14-9)8-2-4-18-6-8/h2,4,6-7,12H,3,5H2,1H3,(H,13,15). The Kier molecular flexibility index (Phi) is 4.53. The predicted octanol–water partition coefficient (Wildman–Crippen LogP) is 0.682. The van der Waals surface area contributed by atoms with Crippen LogP contribution >= 0.6 is 11.3 Å². The average Bonchev–Trinajstić information content (AvgIpc) is 3.09. The van der Waals surface area contributed by atoms with Crippen LogP contribution in [0.1, 0.15) is 10.5 Å². The normalized spacial score (nSPS) is 11.4. The van der Waals surface area contributed by atoms with Crippen LogP contribution in [0.5, 0.6) is 0 Å². The largest absolute Gasteiger partial charge is 0.472 e. The molecule has 0 saturated carbocycles. The summed E-state index contributed by atoms with van der Waals surface area (Å²) in [4.78, 5) is 16.0. The molecule has 2 aromatic rings. The molecule has 7 nitrogen and oxygen atoms in total. The van der Waals surface area contributed by atoms with E-state index in [1.54, 1.807) is 17.7 Å². The zero-order valence-electron chi connectivity index (χ0n) is 10.6. The molecule has 9 heteroatoms. The van der Waals surface area contributed by atoms with Gasteiger partial charge in [-0.2, -0.15) is 0 Å². The first kappa shape index (κ1) is 14.7. The zero-order valence-corrected chi connectivity index (χ0v) is 12.3. The predicted molar refractivity (Wildman–Crippen MR) is 75.0 cm³/mol. The number of aromatic nitrogens is 1. The van der Waals surface area contributed by atoms with E-state index in [9.17, 15) is 13.2 Å². The molecular weight excluding hydrogens is 302 g/mol. The van der Waals surface area contributed by atoms with Gasteiger partial charge >= 0.3 is 0 Å². The molecule has 108 valence electrons. The minimum absolute atomic E-state index is 0.0284. The molecule has 0 aromatic carbocycles. The van der Waals surface area contributed by atoms with Gasteiger partial charge in [-0.25, -0.2) is 18.1 Å². The van der Waals surface area contributed by atoms with Gasteiger partial charge in [0.15, 0.2) is 0 Å². The number of carbonyl (C=O) groups excluding carboxylic acids is 1. The fourth-order valence-corrected chi connectivity index (χ4v) is 2.75. The van der Waals surface area contributed by atoms with E-state index in [0.29, 0.717) is 5.01 Å². The van der Waals surface area contributed by atoms with Gasteiger partial charge in [-0.1, -0.05) is 0 Å². The Morgan fingerprint density at radius 1 is 1.50 bits per heavy atom. The Bertz CT molecular complexity index is 676. The van der Waals surface area contributed by atoms with Gasteiger partial charge in [0.25, 0.3) is 5.91 Å². The summed E-state index contributed by atoms with van der Waals surface area (Å²) in [6.45, 7) is 0.0284. The van der Waals surface area contributed by atoms with Crippen LogP contribution < -0.4 is 10.0 Å². The molecule has 0 atom stereocenters. The van der Waals surface area contributed by atoms with E-state index in [4.69, 9.17) is 4.42 Å². The van der Waals surface area contributed by atoms with Gasteiger partial charge in [-0.15, -0.1) is 11.3 Å². The quantitative estimate of drug-likeness (QED) is 0.816. The van der Waals surface area contributed by atoms with Crippen LogP contribution in [0.25, 0.3) is 10.6 Å². The highest BCUT2D eigenvalue weighted by Gasteiger charge is 2.13. The van der Waals surface area contributed by atoms with E-state index >= 15 is 0 Å². The fourth-order valence-electron chi connectivity index (χ4n) is 1.39. The van der Waals surface area contributed by atoms with Crippen molar-refractivity contribution in [1.29, 1.82) is 0 Å². The van der Waals surface area contributed by atoms with Gasteiger partial charge in [-0.3, -0.25) is 4.79 Å². The van der Waals surface area contributed by atoms with E-state index in [2.05, 4.69) is 15.0 Å². The lowest BCUT2D eigenvalue weighted by atomic mass is 10.3. The molecule has 2 aromatic heterocycles. The van der Waals surface area contributed by atoms with Gasteiger partial charge in [0, 0.05) is 17.5 Å². The number of hydrogen-bond donors (Lipinski definition) is 2. The summed E-state index contributed by atoms with van der Waals surface area (Å²) in [6, 6.07) is 1.75. The smallest absolute Gasteiger partial charge is 0.270 e. The lowest BCUT2D eigenvalue weighted by molar-refractivity contribution is 0.0952. The second-order valence-electron chi connectivity index (χ2n) is 3.83. The SMILES string of the molecule is CNS(=O)(=O)CCNC(=O)c1csc(-c2ccoc2)n1. The maximum Gasteiger partial charge on any atom is 0.270 e. The monoisotopic (exact) mass is 315 g/mol. The van der Waals surface area contributed by atoms with E-state index in [0.717, 1.165) is 5.56 Å². The van der Waals surface area contributed by atoms with Crippen molar-refractivity contribution in [2.45, 2.75) is 0 Å². The molecule has 0 fully saturated rings. The Hall–Kier alpha value is -1.71. The average molecular weight is 315 g/mol. The maximum atomic E-state index is 11.8. The zero-order chi connectivity index (χ0) is 14.6.